The van der Waals surface area contributed by atoms with E-state index in [2.05, 4.69) is 16.0 Å². The number of anilines is 1. The second-order valence-electron chi connectivity index (χ2n) is 6.15. The first-order valence-corrected chi connectivity index (χ1v) is 8.88. The number of carbonyl (C=O) groups excluding carboxylic acids is 2. The maximum atomic E-state index is 13.1. The highest BCUT2D eigenvalue weighted by molar-refractivity contribution is 6.30. The van der Waals surface area contributed by atoms with Crippen LogP contribution in [0.1, 0.15) is 18.5 Å². The molecule has 3 N–H and O–H groups in total. The smallest absolute Gasteiger partial charge is 0.319 e. The molecule has 2 aromatic carbocycles. The van der Waals surface area contributed by atoms with Crippen molar-refractivity contribution in [3.63, 3.8) is 0 Å². The van der Waals surface area contributed by atoms with Crippen LogP contribution in [-0.2, 0) is 4.79 Å². The van der Waals surface area contributed by atoms with Crippen LogP contribution in [0.5, 0.6) is 11.5 Å². The van der Waals surface area contributed by atoms with Crippen LogP contribution in [-0.4, -0.2) is 26.2 Å². The number of ether oxygens (including phenoxy) is 2. The summed E-state index contributed by atoms with van der Waals surface area (Å²) in [6.07, 6.45) is 0. The van der Waals surface area contributed by atoms with E-state index in [-0.39, 0.29) is 11.9 Å². The SMILES string of the molecule is COc1ccc(NC(=O)C2=C(C)NC(=O)NC2c2cccc(Cl)c2)c(OC)c1. The number of carbonyl (C=O) groups is 2. The fourth-order valence-corrected chi connectivity index (χ4v) is 3.22. The van der Waals surface area contributed by atoms with E-state index in [1.54, 1.807) is 56.5 Å². The topological polar surface area (TPSA) is 88.7 Å². The number of urea groups is 1. The zero-order valence-electron chi connectivity index (χ0n) is 15.6. The molecule has 8 heteroatoms. The van der Waals surface area contributed by atoms with Gasteiger partial charge in [-0.1, -0.05) is 23.7 Å². The summed E-state index contributed by atoms with van der Waals surface area (Å²) in [5.41, 5.74) is 2.02. The van der Waals surface area contributed by atoms with Crippen molar-refractivity contribution in [3.8, 4) is 11.5 Å². The van der Waals surface area contributed by atoms with Crippen LogP contribution in [0.4, 0.5) is 10.5 Å². The highest BCUT2D eigenvalue weighted by Gasteiger charge is 2.31. The first-order valence-electron chi connectivity index (χ1n) is 8.50. The lowest BCUT2D eigenvalue weighted by atomic mass is 9.95. The second kappa shape index (κ2) is 8.22. The Labute approximate surface area is 167 Å². The first kappa shape index (κ1) is 19.6. The first-order chi connectivity index (χ1) is 13.4. The molecule has 1 unspecified atom stereocenters. The molecular formula is C20H20ClN3O4. The Hall–Kier alpha value is -3.19. The number of hydrogen-bond donors (Lipinski definition) is 3. The maximum absolute atomic E-state index is 13.1. The van der Waals surface area contributed by atoms with E-state index >= 15 is 0 Å². The fourth-order valence-electron chi connectivity index (χ4n) is 3.02. The molecule has 0 spiro atoms. The molecule has 0 fully saturated rings. The number of rotatable bonds is 5. The van der Waals surface area contributed by atoms with Crippen LogP contribution < -0.4 is 25.4 Å². The van der Waals surface area contributed by atoms with Crippen LogP contribution in [0.2, 0.25) is 5.02 Å². The zero-order valence-corrected chi connectivity index (χ0v) is 16.4. The van der Waals surface area contributed by atoms with Crippen molar-refractivity contribution in [3.05, 3.63) is 64.3 Å². The van der Waals surface area contributed by atoms with E-state index in [0.717, 1.165) is 0 Å². The molecule has 0 aromatic heterocycles. The van der Waals surface area contributed by atoms with Crippen LogP contribution in [0.3, 0.4) is 0 Å². The Morgan fingerprint density at radius 1 is 1.14 bits per heavy atom. The van der Waals surface area contributed by atoms with E-state index in [0.29, 0.717) is 39.0 Å². The monoisotopic (exact) mass is 401 g/mol. The normalized spacial score (nSPS) is 16.1. The predicted molar refractivity (Wildman–Crippen MR) is 107 cm³/mol. The molecule has 3 amide bonds. The Morgan fingerprint density at radius 2 is 1.93 bits per heavy atom. The molecule has 146 valence electrons. The summed E-state index contributed by atoms with van der Waals surface area (Å²) >= 11 is 6.09. The van der Waals surface area contributed by atoms with Gasteiger partial charge in [-0.2, -0.15) is 0 Å². The molecule has 0 saturated carbocycles. The molecule has 7 nitrogen and oxygen atoms in total. The molecule has 0 saturated heterocycles. The van der Waals surface area contributed by atoms with Gasteiger partial charge in [0, 0.05) is 16.8 Å². The van der Waals surface area contributed by atoms with Crippen molar-refractivity contribution in [2.75, 3.05) is 19.5 Å². The average Bonchev–Trinajstić information content (AvgIpc) is 2.67. The van der Waals surface area contributed by atoms with Gasteiger partial charge in [0.2, 0.25) is 0 Å². The number of nitrogens with one attached hydrogen (secondary N) is 3. The van der Waals surface area contributed by atoms with Crippen LogP contribution in [0, 0.1) is 0 Å². The molecule has 0 radical (unpaired) electrons. The van der Waals surface area contributed by atoms with Gasteiger partial charge in [-0.25, -0.2) is 4.79 Å². The third-order valence-corrected chi connectivity index (χ3v) is 4.59. The van der Waals surface area contributed by atoms with Crippen LogP contribution >= 0.6 is 11.6 Å². The molecule has 0 bridgehead atoms. The minimum atomic E-state index is -0.642. The van der Waals surface area contributed by atoms with Gasteiger partial charge in [0.1, 0.15) is 11.5 Å². The highest BCUT2D eigenvalue weighted by Crippen LogP contribution is 2.32. The van der Waals surface area contributed by atoms with E-state index < -0.39 is 6.04 Å². The highest BCUT2D eigenvalue weighted by atomic mass is 35.5. The third-order valence-electron chi connectivity index (χ3n) is 4.35. The fraction of sp³-hybridized carbons (Fsp3) is 0.200. The summed E-state index contributed by atoms with van der Waals surface area (Å²) in [6.45, 7) is 1.68. The van der Waals surface area contributed by atoms with Crippen molar-refractivity contribution in [1.82, 2.24) is 10.6 Å². The number of benzene rings is 2. The molecule has 1 aliphatic heterocycles. The quantitative estimate of drug-likeness (QED) is 0.713. The van der Waals surface area contributed by atoms with Crippen molar-refractivity contribution < 1.29 is 19.1 Å². The van der Waals surface area contributed by atoms with Gasteiger partial charge in [0.05, 0.1) is 31.5 Å². The molecule has 1 aliphatic rings. The van der Waals surface area contributed by atoms with Gasteiger partial charge >= 0.3 is 6.03 Å². The molecule has 2 aromatic rings. The summed E-state index contributed by atoms with van der Waals surface area (Å²) in [7, 11) is 3.05. The number of hydrogen-bond acceptors (Lipinski definition) is 4. The zero-order chi connectivity index (χ0) is 20.3. The molecule has 3 rings (SSSR count). The molecular weight excluding hydrogens is 382 g/mol. The van der Waals surface area contributed by atoms with E-state index in [9.17, 15) is 9.59 Å². The minimum absolute atomic E-state index is 0.375. The van der Waals surface area contributed by atoms with Gasteiger partial charge in [0.15, 0.2) is 0 Å². The van der Waals surface area contributed by atoms with Crippen LogP contribution in [0.25, 0.3) is 0 Å². The molecule has 0 aliphatic carbocycles. The standard InChI is InChI=1S/C20H20ClN3O4/c1-11-17(18(24-20(26)22-11)12-5-4-6-13(21)9-12)19(25)23-15-8-7-14(27-2)10-16(15)28-3/h4-10,18H,1-3H3,(H,23,25)(H2,22,24,26). The molecule has 1 atom stereocenters. The number of methoxy groups -OCH3 is 2. The van der Waals surface area contributed by atoms with E-state index in [1.807, 2.05) is 0 Å². The van der Waals surface area contributed by atoms with E-state index in [4.69, 9.17) is 21.1 Å². The van der Waals surface area contributed by atoms with E-state index in [1.165, 1.54) is 7.11 Å². The Kier molecular flexibility index (Phi) is 5.75. The van der Waals surface area contributed by atoms with Crippen molar-refractivity contribution in [2.24, 2.45) is 0 Å². The van der Waals surface area contributed by atoms with Crippen molar-refractivity contribution >= 4 is 29.2 Å². The Balaban J connectivity index is 1.96. The van der Waals surface area contributed by atoms with Gasteiger partial charge < -0.3 is 25.4 Å². The maximum Gasteiger partial charge on any atom is 0.319 e. The lowest BCUT2D eigenvalue weighted by molar-refractivity contribution is -0.113. The summed E-state index contributed by atoms with van der Waals surface area (Å²) < 4.78 is 10.5. The molecule has 1 heterocycles. The van der Waals surface area contributed by atoms with Crippen molar-refractivity contribution in [2.45, 2.75) is 13.0 Å². The third kappa shape index (κ3) is 4.04. The second-order valence-corrected chi connectivity index (χ2v) is 6.58. The summed E-state index contributed by atoms with van der Waals surface area (Å²) in [6, 6.07) is 11.1. The van der Waals surface area contributed by atoms with Crippen molar-refractivity contribution in [1.29, 1.82) is 0 Å². The average molecular weight is 402 g/mol. The summed E-state index contributed by atoms with van der Waals surface area (Å²) in [4.78, 5) is 25.1. The van der Waals surface area contributed by atoms with Gasteiger partial charge in [-0.3, -0.25) is 4.79 Å². The van der Waals surface area contributed by atoms with Gasteiger partial charge in [-0.15, -0.1) is 0 Å². The number of halogens is 1. The number of allylic oxidation sites excluding steroid dienone is 1. The largest absolute Gasteiger partial charge is 0.497 e. The van der Waals surface area contributed by atoms with Gasteiger partial charge in [0.25, 0.3) is 5.91 Å². The lowest BCUT2D eigenvalue weighted by Crippen LogP contribution is -2.46. The summed E-state index contributed by atoms with van der Waals surface area (Å²) in [5.74, 6) is 0.685. The Morgan fingerprint density at radius 3 is 2.61 bits per heavy atom. The summed E-state index contributed by atoms with van der Waals surface area (Å²) in [5, 5.41) is 8.77. The molecule has 28 heavy (non-hydrogen) atoms. The van der Waals surface area contributed by atoms with Gasteiger partial charge in [-0.05, 0) is 36.8 Å². The van der Waals surface area contributed by atoms with Crippen LogP contribution in [0.15, 0.2) is 53.7 Å². The Bertz CT molecular complexity index is 958. The minimum Gasteiger partial charge on any atom is -0.497 e. The predicted octanol–water partition coefficient (Wildman–Crippen LogP) is 3.62. The lowest BCUT2D eigenvalue weighted by Gasteiger charge is -2.29. The number of amides is 3.